The van der Waals surface area contributed by atoms with Crippen LogP contribution < -0.4 is 0 Å². The number of carbonyl (C=O) groups is 1. The van der Waals surface area contributed by atoms with Crippen LogP contribution in [-0.2, 0) is 30.8 Å². The molecule has 0 unspecified atom stereocenters. The van der Waals surface area contributed by atoms with Crippen molar-refractivity contribution in [2.45, 2.75) is 45.5 Å². The molecule has 3 heterocycles. The minimum atomic E-state index is -0.646. The number of hydrogen-bond acceptors (Lipinski definition) is 4. The molecular weight excluding hydrogens is 354 g/mol. The van der Waals surface area contributed by atoms with Crippen LogP contribution in [-0.4, -0.2) is 42.0 Å². The number of aryl methyl sites for hydroxylation is 2. The Hall–Kier alpha value is -2.93. The molecule has 0 bridgehead atoms. The lowest BCUT2D eigenvalue weighted by Gasteiger charge is -2.27. The first-order valence-corrected chi connectivity index (χ1v) is 9.65. The number of benzene rings is 1. The van der Waals surface area contributed by atoms with Gasteiger partial charge >= 0.3 is 0 Å². The Morgan fingerprint density at radius 2 is 2.04 bits per heavy atom. The largest absolute Gasteiger partial charge is 0.386 e. The van der Waals surface area contributed by atoms with Crippen molar-refractivity contribution in [1.29, 1.82) is 0 Å². The summed E-state index contributed by atoms with van der Waals surface area (Å²) in [4.78, 5) is 14.5. The van der Waals surface area contributed by atoms with Crippen molar-refractivity contribution in [3.05, 3.63) is 71.3 Å². The molecule has 28 heavy (non-hydrogen) atoms. The van der Waals surface area contributed by atoms with Gasteiger partial charge in [0.15, 0.2) is 0 Å². The van der Waals surface area contributed by atoms with E-state index in [9.17, 15) is 9.90 Å². The van der Waals surface area contributed by atoms with Gasteiger partial charge in [0.2, 0.25) is 5.91 Å². The first kappa shape index (κ1) is 18.4. The molecule has 1 aliphatic rings. The predicted molar refractivity (Wildman–Crippen MR) is 104 cm³/mol. The monoisotopic (exact) mass is 379 g/mol. The normalized spacial score (nSPS) is 14.7. The van der Waals surface area contributed by atoms with E-state index in [1.165, 1.54) is 0 Å². The molecule has 3 aromatic rings. The molecule has 146 valence electrons. The minimum Gasteiger partial charge on any atom is -0.386 e. The zero-order valence-corrected chi connectivity index (χ0v) is 16.0. The SMILES string of the molecule is Cc1ccnn1CCC(=O)N1CCn2nc([C@H](O)Cc3ccccc3)cc2C1. The van der Waals surface area contributed by atoms with E-state index in [0.29, 0.717) is 44.7 Å². The molecule has 0 saturated heterocycles. The highest BCUT2D eigenvalue weighted by Gasteiger charge is 2.24. The van der Waals surface area contributed by atoms with E-state index in [0.717, 1.165) is 17.0 Å². The molecule has 0 saturated carbocycles. The van der Waals surface area contributed by atoms with Gasteiger partial charge in [-0.25, -0.2) is 0 Å². The van der Waals surface area contributed by atoms with Crippen molar-refractivity contribution in [1.82, 2.24) is 24.5 Å². The Kier molecular flexibility index (Phi) is 5.25. The van der Waals surface area contributed by atoms with Crippen LogP contribution >= 0.6 is 0 Å². The van der Waals surface area contributed by atoms with E-state index >= 15 is 0 Å². The summed E-state index contributed by atoms with van der Waals surface area (Å²) < 4.78 is 3.76. The number of hydrogen-bond donors (Lipinski definition) is 1. The van der Waals surface area contributed by atoms with Crippen LogP contribution in [0.1, 0.15) is 35.2 Å². The van der Waals surface area contributed by atoms with Gasteiger partial charge in [0.25, 0.3) is 0 Å². The van der Waals surface area contributed by atoms with Gasteiger partial charge in [0.1, 0.15) is 6.10 Å². The summed E-state index contributed by atoms with van der Waals surface area (Å²) in [6.07, 6.45) is 2.07. The number of carbonyl (C=O) groups excluding carboxylic acids is 1. The Balaban J connectivity index is 1.37. The highest BCUT2D eigenvalue weighted by Crippen LogP contribution is 2.21. The van der Waals surface area contributed by atoms with E-state index in [4.69, 9.17) is 0 Å². The van der Waals surface area contributed by atoms with E-state index in [2.05, 4.69) is 10.2 Å². The van der Waals surface area contributed by atoms with Crippen molar-refractivity contribution >= 4 is 5.91 Å². The van der Waals surface area contributed by atoms with Gasteiger partial charge in [-0.15, -0.1) is 0 Å². The van der Waals surface area contributed by atoms with Crippen molar-refractivity contribution in [2.24, 2.45) is 0 Å². The second kappa shape index (κ2) is 7.98. The van der Waals surface area contributed by atoms with Crippen LogP contribution in [0.5, 0.6) is 0 Å². The zero-order valence-electron chi connectivity index (χ0n) is 16.0. The molecule has 1 aliphatic heterocycles. The number of fused-ring (bicyclic) bond motifs is 1. The average molecular weight is 379 g/mol. The van der Waals surface area contributed by atoms with Gasteiger partial charge in [0.05, 0.1) is 24.5 Å². The summed E-state index contributed by atoms with van der Waals surface area (Å²) in [5, 5.41) is 19.3. The number of rotatable bonds is 6. The predicted octanol–water partition coefficient (Wildman–Crippen LogP) is 2.10. The maximum absolute atomic E-state index is 12.6. The Bertz CT molecular complexity index is 947. The van der Waals surface area contributed by atoms with E-state index in [1.807, 2.05) is 63.7 Å². The molecule has 0 aliphatic carbocycles. The fourth-order valence-corrected chi connectivity index (χ4v) is 3.60. The summed E-state index contributed by atoms with van der Waals surface area (Å²) in [6.45, 7) is 4.40. The number of amides is 1. The molecule has 4 rings (SSSR count). The number of aliphatic hydroxyl groups excluding tert-OH is 1. The Morgan fingerprint density at radius 3 is 2.79 bits per heavy atom. The summed E-state index contributed by atoms with van der Waals surface area (Å²) in [5.74, 6) is 0.119. The Morgan fingerprint density at radius 1 is 1.21 bits per heavy atom. The third kappa shape index (κ3) is 3.99. The van der Waals surface area contributed by atoms with Gasteiger partial charge in [-0.1, -0.05) is 30.3 Å². The quantitative estimate of drug-likeness (QED) is 0.712. The Labute approximate surface area is 164 Å². The van der Waals surface area contributed by atoms with E-state index in [-0.39, 0.29) is 5.91 Å². The van der Waals surface area contributed by atoms with E-state index in [1.54, 1.807) is 6.20 Å². The van der Waals surface area contributed by atoms with Crippen LogP contribution in [0.2, 0.25) is 0 Å². The average Bonchev–Trinajstić information content (AvgIpc) is 3.32. The second-order valence-electron chi connectivity index (χ2n) is 7.25. The standard InChI is InChI=1S/C21H25N5O2/c1-16-7-9-22-25(16)10-8-21(28)24-11-12-26-18(15-24)14-19(23-26)20(27)13-17-5-3-2-4-6-17/h2-7,9,14,20,27H,8,10-13,15H2,1H3/t20-/m1/s1. The lowest BCUT2D eigenvalue weighted by atomic mass is 10.1. The lowest BCUT2D eigenvalue weighted by Crippen LogP contribution is -2.38. The first-order chi connectivity index (χ1) is 13.6. The molecule has 1 N–H and O–H groups in total. The molecule has 0 spiro atoms. The maximum atomic E-state index is 12.6. The van der Waals surface area contributed by atoms with Crippen LogP contribution in [0.4, 0.5) is 0 Å². The highest BCUT2D eigenvalue weighted by atomic mass is 16.3. The van der Waals surface area contributed by atoms with E-state index < -0.39 is 6.10 Å². The van der Waals surface area contributed by atoms with Crippen LogP contribution in [0, 0.1) is 6.92 Å². The molecule has 7 heteroatoms. The second-order valence-corrected chi connectivity index (χ2v) is 7.25. The van der Waals surface area contributed by atoms with Crippen LogP contribution in [0.3, 0.4) is 0 Å². The molecule has 1 amide bonds. The minimum absolute atomic E-state index is 0.119. The van der Waals surface area contributed by atoms with Crippen LogP contribution in [0.15, 0.2) is 48.7 Å². The summed E-state index contributed by atoms with van der Waals surface area (Å²) in [6, 6.07) is 13.8. The highest BCUT2D eigenvalue weighted by molar-refractivity contribution is 5.76. The van der Waals surface area contributed by atoms with Gasteiger partial charge in [-0.3, -0.25) is 14.2 Å². The number of nitrogens with zero attached hydrogens (tertiary/aromatic N) is 5. The summed E-state index contributed by atoms with van der Waals surface area (Å²) in [7, 11) is 0. The molecular formula is C21H25N5O2. The molecule has 0 fully saturated rings. The molecule has 2 aromatic heterocycles. The van der Waals surface area contributed by atoms with Crippen molar-refractivity contribution in [2.75, 3.05) is 6.54 Å². The number of aliphatic hydroxyl groups is 1. The van der Waals surface area contributed by atoms with Crippen LogP contribution in [0.25, 0.3) is 0 Å². The maximum Gasteiger partial charge on any atom is 0.224 e. The molecule has 1 atom stereocenters. The smallest absolute Gasteiger partial charge is 0.224 e. The third-order valence-corrected chi connectivity index (χ3v) is 5.25. The molecule has 1 aromatic carbocycles. The third-order valence-electron chi connectivity index (χ3n) is 5.25. The van der Waals surface area contributed by atoms with Crippen molar-refractivity contribution in [3.8, 4) is 0 Å². The van der Waals surface area contributed by atoms with Gasteiger partial charge < -0.3 is 10.0 Å². The van der Waals surface area contributed by atoms with Crippen molar-refractivity contribution in [3.63, 3.8) is 0 Å². The van der Waals surface area contributed by atoms with Crippen molar-refractivity contribution < 1.29 is 9.90 Å². The zero-order chi connectivity index (χ0) is 19.5. The molecule has 7 nitrogen and oxygen atoms in total. The fraction of sp³-hybridized carbons (Fsp3) is 0.381. The van der Waals surface area contributed by atoms with Gasteiger partial charge in [0, 0.05) is 37.8 Å². The van der Waals surface area contributed by atoms with Gasteiger partial charge in [-0.05, 0) is 24.6 Å². The van der Waals surface area contributed by atoms with Gasteiger partial charge in [-0.2, -0.15) is 10.2 Å². The topological polar surface area (TPSA) is 76.2 Å². The summed E-state index contributed by atoms with van der Waals surface area (Å²) >= 11 is 0. The first-order valence-electron chi connectivity index (χ1n) is 9.65. The fourth-order valence-electron chi connectivity index (χ4n) is 3.60. The number of aromatic nitrogens is 4. The lowest BCUT2D eigenvalue weighted by molar-refractivity contribution is -0.133. The summed E-state index contributed by atoms with van der Waals surface area (Å²) in [5.41, 5.74) is 3.77. The molecule has 0 radical (unpaired) electrons.